The molecule has 1 aliphatic heterocycles. The SMILES string of the molecule is CC1CN(C(=O)C(=O)NC(Cc2c(F)cccc2Cl)c2ccccc2Br)CC(C)N1C(=O)OCc1ccccc1. The van der Waals surface area contributed by atoms with Crippen LogP contribution in [-0.2, 0) is 27.4 Å². The van der Waals surface area contributed by atoms with Crippen molar-refractivity contribution >= 4 is 45.4 Å². The Hall–Kier alpha value is -3.43. The summed E-state index contributed by atoms with van der Waals surface area (Å²) in [5.74, 6) is -2.05. The van der Waals surface area contributed by atoms with E-state index in [9.17, 15) is 18.8 Å². The van der Waals surface area contributed by atoms with Crippen LogP contribution in [-0.4, -0.2) is 52.9 Å². The molecule has 7 nitrogen and oxygen atoms in total. The Morgan fingerprint density at radius 1 is 1.00 bits per heavy atom. The number of rotatable bonds is 6. The van der Waals surface area contributed by atoms with E-state index in [0.29, 0.717) is 10.0 Å². The molecule has 1 aliphatic rings. The summed E-state index contributed by atoms with van der Waals surface area (Å²) in [5.41, 5.74) is 1.79. The molecule has 40 heavy (non-hydrogen) atoms. The van der Waals surface area contributed by atoms with E-state index in [2.05, 4.69) is 21.2 Å². The normalized spacial score (nSPS) is 17.7. The van der Waals surface area contributed by atoms with Gasteiger partial charge in [-0.2, -0.15) is 0 Å². The highest BCUT2D eigenvalue weighted by atomic mass is 79.9. The van der Waals surface area contributed by atoms with Gasteiger partial charge in [0.25, 0.3) is 0 Å². The number of benzene rings is 3. The van der Waals surface area contributed by atoms with E-state index in [1.807, 2.05) is 50.2 Å². The van der Waals surface area contributed by atoms with Gasteiger partial charge >= 0.3 is 17.9 Å². The highest BCUT2D eigenvalue weighted by molar-refractivity contribution is 9.10. The van der Waals surface area contributed by atoms with Gasteiger partial charge in [0.05, 0.1) is 18.1 Å². The summed E-state index contributed by atoms with van der Waals surface area (Å²) in [7, 11) is 0. The molecule has 0 radical (unpaired) electrons. The summed E-state index contributed by atoms with van der Waals surface area (Å²) in [6.45, 7) is 4.08. The Morgan fingerprint density at radius 3 is 2.30 bits per heavy atom. The van der Waals surface area contributed by atoms with E-state index < -0.39 is 29.8 Å². The monoisotopic (exact) mass is 629 g/mol. The number of hydrogen-bond acceptors (Lipinski definition) is 4. The average Bonchev–Trinajstić information content (AvgIpc) is 2.93. The Bertz CT molecular complexity index is 1340. The quantitative estimate of drug-likeness (QED) is 0.344. The third kappa shape index (κ3) is 7.01. The number of halogens is 3. The minimum absolute atomic E-state index is 0.0426. The first kappa shape index (κ1) is 29.6. The number of hydrogen-bond donors (Lipinski definition) is 1. The predicted octanol–water partition coefficient (Wildman–Crippen LogP) is 5.90. The number of carbonyl (C=O) groups is 3. The maximum absolute atomic E-state index is 14.6. The van der Waals surface area contributed by atoms with Crippen LogP contribution in [0, 0.1) is 5.82 Å². The first-order valence-corrected chi connectivity index (χ1v) is 14.1. The summed E-state index contributed by atoms with van der Waals surface area (Å²) in [6.07, 6.45) is -0.433. The Labute approximate surface area is 246 Å². The van der Waals surface area contributed by atoms with Crippen LogP contribution in [0.3, 0.4) is 0 Å². The lowest BCUT2D eigenvalue weighted by Crippen LogP contribution is -2.61. The van der Waals surface area contributed by atoms with Crippen LogP contribution >= 0.6 is 27.5 Å². The number of nitrogens with zero attached hydrogens (tertiary/aromatic N) is 2. The summed E-state index contributed by atoms with van der Waals surface area (Å²) in [6, 6.07) is 19.5. The molecule has 0 aliphatic carbocycles. The Morgan fingerprint density at radius 2 is 1.65 bits per heavy atom. The van der Waals surface area contributed by atoms with Gasteiger partial charge in [-0.3, -0.25) is 14.5 Å². The second-order valence-corrected chi connectivity index (χ2v) is 11.1. The van der Waals surface area contributed by atoms with Crippen LogP contribution in [0.2, 0.25) is 5.02 Å². The van der Waals surface area contributed by atoms with Crippen molar-refractivity contribution in [2.24, 2.45) is 0 Å². The summed E-state index contributed by atoms with van der Waals surface area (Å²) in [4.78, 5) is 42.4. The highest BCUT2D eigenvalue weighted by Crippen LogP contribution is 2.30. The molecule has 1 saturated heterocycles. The highest BCUT2D eigenvalue weighted by Gasteiger charge is 2.38. The van der Waals surface area contributed by atoms with Crippen molar-refractivity contribution in [2.75, 3.05) is 13.1 Å². The van der Waals surface area contributed by atoms with Gasteiger partial charge in [-0.1, -0.05) is 82.1 Å². The molecule has 4 rings (SSSR count). The fraction of sp³-hybridized carbons (Fsp3) is 0.300. The zero-order chi connectivity index (χ0) is 28.8. The van der Waals surface area contributed by atoms with Gasteiger partial charge in [0.2, 0.25) is 0 Å². The van der Waals surface area contributed by atoms with Crippen LogP contribution in [0.25, 0.3) is 0 Å². The van der Waals surface area contributed by atoms with Crippen molar-refractivity contribution < 1.29 is 23.5 Å². The minimum atomic E-state index is -0.826. The van der Waals surface area contributed by atoms with Gasteiger partial charge in [0.15, 0.2) is 0 Å². The zero-order valence-electron chi connectivity index (χ0n) is 22.1. The second-order valence-electron chi connectivity index (χ2n) is 9.81. The maximum atomic E-state index is 14.6. The molecule has 10 heteroatoms. The molecular formula is C30H30BrClFN3O4. The van der Waals surface area contributed by atoms with Crippen molar-refractivity contribution in [2.45, 2.75) is 45.0 Å². The Kier molecular flexibility index (Phi) is 9.81. The fourth-order valence-corrected chi connectivity index (χ4v) is 5.74. The van der Waals surface area contributed by atoms with Gasteiger partial charge in [0.1, 0.15) is 12.4 Å². The van der Waals surface area contributed by atoms with Gasteiger partial charge in [-0.15, -0.1) is 0 Å². The molecule has 3 unspecified atom stereocenters. The summed E-state index contributed by atoms with van der Waals surface area (Å²) < 4.78 is 20.8. The molecule has 3 aromatic carbocycles. The molecule has 0 spiro atoms. The third-order valence-electron chi connectivity index (χ3n) is 6.87. The maximum Gasteiger partial charge on any atom is 0.410 e. The third-order valence-corrected chi connectivity index (χ3v) is 7.95. The summed E-state index contributed by atoms with van der Waals surface area (Å²) in [5, 5.41) is 3.02. The molecule has 1 heterocycles. The van der Waals surface area contributed by atoms with Crippen molar-refractivity contribution in [3.8, 4) is 0 Å². The van der Waals surface area contributed by atoms with Crippen LogP contribution in [0.4, 0.5) is 9.18 Å². The number of piperazine rings is 1. The van der Waals surface area contributed by atoms with Gasteiger partial charge in [0, 0.05) is 34.6 Å². The molecular weight excluding hydrogens is 601 g/mol. The lowest BCUT2D eigenvalue weighted by molar-refractivity contribution is -0.148. The number of nitrogens with one attached hydrogen (secondary N) is 1. The Balaban J connectivity index is 1.44. The van der Waals surface area contributed by atoms with Crippen LogP contribution in [0.15, 0.2) is 77.3 Å². The molecule has 0 aromatic heterocycles. The van der Waals surface area contributed by atoms with E-state index in [-0.39, 0.29) is 48.8 Å². The minimum Gasteiger partial charge on any atom is -0.445 e. The van der Waals surface area contributed by atoms with Crippen molar-refractivity contribution in [1.29, 1.82) is 0 Å². The van der Waals surface area contributed by atoms with E-state index in [0.717, 1.165) is 5.56 Å². The molecule has 3 atom stereocenters. The lowest BCUT2D eigenvalue weighted by Gasteiger charge is -2.43. The smallest absolute Gasteiger partial charge is 0.410 e. The molecule has 1 N–H and O–H groups in total. The van der Waals surface area contributed by atoms with Gasteiger partial charge in [-0.25, -0.2) is 9.18 Å². The van der Waals surface area contributed by atoms with Crippen molar-refractivity contribution in [1.82, 2.24) is 15.1 Å². The standard InChI is InChI=1S/C30H30BrClFN3O4/c1-19-16-35(17-20(2)36(19)30(39)40-18-21-9-4-3-5-10-21)29(38)28(37)34-27(22-11-6-7-12-24(22)31)15-23-25(32)13-8-14-26(23)33/h3-14,19-20,27H,15-18H2,1-2H3,(H,34,37). The average molecular weight is 631 g/mol. The van der Waals surface area contributed by atoms with E-state index >= 15 is 0 Å². The van der Waals surface area contributed by atoms with Crippen LogP contribution < -0.4 is 5.32 Å². The van der Waals surface area contributed by atoms with Crippen molar-refractivity contribution in [3.63, 3.8) is 0 Å². The van der Waals surface area contributed by atoms with Crippen molar-refractivity contribution in [3.05, 3.63) is 105 Å². The molecule has 1 fully saturated rings. The predicted molar refractivity (Wildman–Crippen MR) is 154 cm³/mol. The molecule has 0 saturated carbocycles. The number of ether oxygens (including phenoxy) is 1. The topological polar surface area (TPSA) is 79.0 Å². The first-order chi connectivity index (χ1) is 19.2. The fourth-order valence-electron chi connectivity index (χ4n) is 4.93. The second kappa shape index (κ2) is 13.3. The molecule has 3 aromatic rings. The molecule has 210 valence electrons. The number of carbonyl (C=O) groups excluding carboxylic acids is 3. The molecule has 0 bridgehead atoms. The largest absolute Gasteiger partial charge is 0.445 e. The zero-order valence-corrected chi connectivity index (χ0v) is 24.5. The van der Waals surface area contributed by atoms with E-state index in [4.69, 9.17) is 16.3 Å². The number of amides is 3. The van der Waals surface area contributed by atoms with Gasteiger partial charge in [-0.05, 0) is 43.2 Å². The summed E-state index contributed by atoms with van der Waals surface area (Å²) >= 11 is 9.76. The van der Waals surface area contributed by atoms with E-state index in [1.54, 1.807) is 29.2 Å². The lowest BCUT2D eigenvalue weighted by atomic mass is 9.98. The van der Waals surface area contributed by atoms with Crippen LogP contribution in [0.1, 0.15) is 36.6 Å². The molecule has 3 amide bonds. The first-order valence-electron chi connectivity index (χ1n) is 12.9. The van der Waals surface area contributed by atoms with E-state index in [1.165, 1.54) is 17.0 Å². The van der Waals surface area contributed by atoms with Gasteiger partial charge < -0.3 is 15.0 Å². The van der Waals surface area contributed by atoms with Crippen LogP contribution in [0.5, 0.6) is 0 Å².